The molecule has 110 valence electrons. The highest BCUT2D eigenvalue weighted by Crippen LogP contribution is 2.53. The van der Waals surface area contributed by atoms with E-state index in [1.54, 1.807) is 0 Å². The Bertz CT molecular complexity index is 655. The maximum atomic E-state index is 12.6. The van der Waals surface area contributed by atoms with E-state index in [4.69, 9.17) is 0 Å². The Morgan fingerprint density at radius 3 is 2.57 bits per heavy atom. The number of fused-ring (bicyclic) bond motifs is 1. The lowest BCUT2D eigenvalue weighted by Crippen LogP contribution is -2.55. The van der Waals surface area contributed by atoms with Gasteiger partial charge in [0.2, 0.25) is 0 Å². The van der Waals surface area contributed by atoms with Crippen LogP contribution in [0.15, 0.2) is 12.1 Å². The summed E-state index contributed by atoms with van der Waals surface area (Å²) in [4.78, 5) is 27.0. The van der Waals surface area contributed by atoms with E-state index < -0.39 is 0 Å². The summed E-state index contributed by atoms with van der Waals surface area (Å²) in [5.74, 6) is -0.161. The highest BCUT2D eigenvalue weighted by atomic mass is 16.2. The van der Waals surface area contributed by atoms with Crippen molar-refractivity contribution in [3.05, 3.63) is 28.8 Å². The Kier molecular flexibility index (Phi) is 2.60. The van der Waals surface area contributed by atoms with Crippen molar-refractivity contribution in [1.82, 2.24) is 0 Å². The molecule has 0 aromatic heterocycles. The van der Waals surface area contributed by atoms with Crippen LogP contribution in [-0.2, 0) is 4.79 Å². The molecule has 1 saturated carbocycles. The number of carbonyl (C=O) groups is 2. The number of hydrogen-bond acceptors (Lipinski definition) is 2. The van der Waals surface area contributed by atoms with Gasteiger partial charge in [-0.25, -0.2) is 0 Å². The molecule has 1 aromatic rings. The molecule has 3 heteroatoms. The van der Waals surface area contributed by atoms with Crippen LogP contribution in [0.4, 0.5) is 5.69 Å². The van der Waals surface area contributed by atoms with Gasteiger partial charge in [0.25, 0.3) is 11.7 Å². The Morgan fingerprint density at radius 2 is 1.86 bits per heavy atom. The Balaban J connectivity index is 1.96. The molecule has 4 rings (SSSR count). The van der Waals surface area contributed by atoms with Crippen molar-refractivity contribution < 1.29 is 9.59 Å². The van der Waals surface area contributed by atoms with Gasteiger partial charge in [0.15, 0.2) is 0 Å². The lowest BCUT2D eigenvalue weighted by Gasteiger charge is -2.50. The highest BCUT2D eigenvalue weighted by Gasteiger charge is 2.53. The number of benzene rings is 1. The molecule has 1 spiro atoms. The number of rotatable bonds is 0. The second-order valence-corrected chi connectivity index (χ2v) is 7.11. The molecule has 2 aliphatic heterocycles. The van der Waals surface area contributed by atoms with Crippen LogP contribution in [-0.4, -0.2) is 17.2 Å². The Morgan fingerprint density at radius 1 is 1.14 bits per heavy atom. The van der Waals surface area contributed by atoms with Gasteiger partial charge in [-0.2, -0.15) is 0 Å². The van der Waals surface area contributed by atoms with E-state index in [1.807, 2.05) is 17.9 Å². The molecular formula is C18H21NO2. The summed E-state index contributed by atoms with van der Waals surface area (Å²) in [5.41, 5.74) is 3.76. The van der Waals surface area contributed by atoms with Crippen LogP contribution in [0.2, 0.25) is 0 Å². The fraction of sp³-hybridized carbons (Fsp3) is 0.556. The Labute approximate surface area is 125 Å². The lowest BCUT2D eigenvalue weighted by atomic mass is 9.70. The fourth-order valence-corrected chi connectivity index (χ4v) is 4.78. The average Bonchev–Trinajstić information content (AvgIpc) is 2.71. The number of nitrogens with zero attached hydrogens (tertiary/aromatic N) is 1. The maximum Gasteiger partial charge on any atom is 0.300 e. The molecule has 2 heterocycles. The summed E-state index contributed by atoms with van der Waals surface area (Å²) in [5, 5.41) is 0. The quantitative estimate of drug-likeness (QED) is 0.680. The van der Waals surface area contributed by atoms with Gasteiger partial charge < -0.3 is 0 Å². The van der Waals surface area contributed by atoms with Crippen LogP contribution in [0, 0.1) is 6.92 Å². The molecule has 0 unspecified atom stereocenters. The van der Waals surface area contributed by atoms with Crippen LogP contribution >= 0.6 is 0 Å². The number of ketones is 1. The van der Waals surface area contributed by atoms with Gasteiger partial charge in [0.1, 0.15) is 0 Å². The first-order valence-corrected chi connectivity index (χ1v) is 8.07. The first kappa shape index (κ1) is 13.1. The average molecular weight is 283 g/mol. The van der Waals surface area contributed by atoms with Crippen molar-refractivity contribution in [3.8, 4) is 0 Å². The van der Waals surface area contributed by atoms with E-state index in [-0.39, 0.29) is 17.2 Å². The third-order valence-corrected chi connectivity index (χ3v) is 5.62. The van der Waals surface area contributed by atoms with E-state index in [9.17, 15) is 9.59 Å². The molecule has 0 radical (unpaired) electrons. The molecule has 1 aliphatic carbocycles. The van der Waals surface area contributed by atoms with Gasteiger partial charge in [0, 0.05) is 5.54 Å². The van der Waals surface area contributed by atoms with Gasteiger partial charge in [-0.15, -0.1) is 0 Å². The number of aryl methyl sites for hydroxylation is 1. The van der Waals surface area contributed by atoms with Crippen molar-refractivity contribution in [2.75, 3.05) is 4.90 Å². The van der Waals surface area contributed by atoms with Gasteiger partial charge in [-0.1, -0.05) is 32.3 Å². The van der Waals surface area contributed by atoms with Crippen LogP contribution in [0.25, 0.3) is 0 Å². The molecule has 1 atom stereocenters. The summed E-state index contributed by atoms with van der Waals surface area (Å²) in [6.45, 7) is 4.25. The zero-order valence-electron chi connectivity index (χ0n) is 12.7. The fourth-order valence-electron chi connectivity index (χ4n) is 4.78. The SMILES string of the molecule is Cc1cc2c3c(c1)[C@@H](C)CC1(CCCCC1)N3C(=O)C2=O. The molecule has 3 nitrogen and oxygen atoms in total. The molecule has 0 N–H and O–H groups in total. The first-order chi connectivity index (χ1) is 10.0. The van der Waals surface area contributed by atoms with Gasteiger partial charge >= 0.3 is 0 Å². The molecule has 1 aromatic carbocycles. The van der Waals surface area contributed by atoms with Crippen molar-refractivity contribution in [2.24, 2.45) is 0 Å². The Hall–Kier alpha value is -1.64. The highest BCUT2D eigenvalue weighted by molar-refractivity contribution is 6.53. The minimum Gasteiger partial charge on any atom is -0.298 e. The summed E-state index contributed by atoms with van der Waals surface area (Å²) in [6.07, 6.45) is 6.68. The predicted molar refractivity (Wildman–Crippen MR) is 81.8 cm³/mol. The second-order valence-electron chi connectivity index (χ2n) is 7.11. The number of carbonyl (C=O) groups excluding carboxylic acids is 2. The second kappa shape index (κ2) is 4.19. The van der Waals surface area contributed by atoms with E-state index in [1.165, 1.54) is 24.8 Å². The van der Waals surface area contributed by atoms with E-state index in [0.29, 0.717) is 11.5 Å². The summed E-state index contributed by atoms with van der Waals surface area (Å²) in [6, 6.07) is 4.06. The third kappa shape index (κ3) is 1.60. The number of anilines is 1. The molecular weight excluding hydrogens is 262 g/mol. The zero-order valence-corrected chi connectivity index (χ0v) is 12.7. The van der Waals surface area contributed by atoms with E-state index in [0.717, 1.165) is 30.5 Å². The van der Waals surface area contributed by atoms with Crippen molar-refractivity contribution in [2.45, 2.75) is 63.8 Å². The minimum atomic E-state index is -0.297. The van der Waals surface area contributed by atoms with Crippen molar-refractivity contribution in [1.29, 1.82) is 0 Å². The third-order valence-electron chi connectivity index (χ3n) is 5.62. The van der Waals surface area contributed by atoms with Gasteiger partial charge in [-0.3, -0.25) is 14.5 Å². The van der Waals surface area contributed by atoms with Crippen molar-refractivity contribution >= 4 is 17.4 Å². The normalized spacial score (nSPS) is 26.4. The molecule has 1 amide bonds. The molecule has 21 heavy (non-hydrogen) atoms. The summed E-state index contributed by atoms with van der Waals surface area (Å²) >= 11 is 0. The monoisotopic (exact) mass is 283 g/mol. The van der Waals surface area contributed by atoms with Crippen molar-refractivity contribution in [3.63, 3.8) is 0 Å². The van der Waals surface area contributed by atoms with Gasteiger partial charge in [-0.05, 0) is 49.3 Å². The van der Waals surface area contributed by atoms with E-state index >= 15 is 0 Å². The predicted octanol–water partition coefficient (Wildman–Crippen LogP) is 3.73. The summed E-state index contributed by atoms with van der Waals surface area (Å²) < 4.78 is 0. The zero-order chi connectivity index (χ0) is 14.8. The molecule has 0 bridgehead atoms. The first-order valence-electron chi connectivity index (χ1n) is 8.07. The molecule has 3 aliphatic rings. The van der Waals surface area contributed by atoms with Crippen LogP contribution in [0.5, 0.6) is 0 Å². The van der Waals surface area contributed by atoms with Gasteiger partial charge in [0.05, 0.1) is 11.3 Å². The number of hydrogen-bond donors (Lipinski definition) is 0. The smallest absolute Gasteiger partial charge is 0.298 e. The van der Waals surface area contributed by atoms with Crippen LogP contribution in [0.1, 0.15) is 72.9 Å². The maximum absolute atomic E-state index is 12.6. The molecule has 0 saturated heterocycles. The largest absolute Gasteiger partial charge is 0.300 e. The van der Waals surface area contributed by atoms with Crippen LogP contribution < -0.4 is 4.90 Å². The van der Waals surface area contributed by atoms with Crippen LogP contribution in [0.3, 0.4) is 0 Å². The topological polar surface area (TPSA) is 37.4 Å². The standard InChI is InChI=1S/C18H21NO2/c1-11-8-13-12(2)10-18(6-4-3-5-7-18)19-15(13)14(9-11)16(20)17(19)21/h8-9,12H,3-7,10H2,1-2H3/t12-/m0/s1. The molecule has 1 fully saturated rings. The summed E-state index contributed by atoms with van der Waals surface area (Å²) in [7, 11) is 0. The number of Topliss-reactive ketones (excluding diaryl/α,β-unsaturated/α-hetero) is 1. The lowest BCUT2D eigenvalue weighted by molar-refractivity contribution is -0.115. The van der Waals surface area contributed by atoms with E-state index in [2.05, 4.69) is 13.0 Å². The number of amides is 1. The minimum absolute atomic E-state index is 0.0993.